The molecular formula is C18H13F3N2O3S. The molecule has 0 spiro atoms. The second-order valence-electron chi connectivity index (χ2n) is 5.43. The number of phenolic OH excluding ortho intramolecular Hbond substituents is 1. The number of hydrogen-bond acceptors (Lipinski definition) is 5. The van der Waals surface area contributed by atoms with Gasteiger partial charge in [-0.3, -0.25) is 4.79 Å². The Hall–Kier alpha value is -2.94. The van der Waals surface area contributed by atoms with Crippen LogP contribution in [0, 0.1) is 0 Å². The minimum Gasteiger partial charge on any atom is -0.504 e. The van der Waals surface area contributed by atoms with Gasteiger partial charge >= 0.3 is 6.18 Å². The predicted octanol–water partition coefficient (Wildman–Crippen LogP) is 4.95. The number of phenols is 1. The average molecular weight is 394 g/mol. The number of ether oxygens (including phenoxy) is 1. The summed E-state index contributed by atoms with van der Waals surface area (Å²) in [6.45, 7) is 0. The van der Waals surface area contributed by atoms with Crippen LogP contribution in [0.15, 0.2) is 52.4 Å². The Labute approximate surface area is 156 Å². The van der Waals surface area contributed by atoms with E-state index in [9.17, 15) is 23.1 Å². The van der Waals surface area contributed by atoms with Gasteiger partial charge in [0.05, 0.1) is 23.3 Å². The number of hydrogen-bond donors (Lipinski definition) is 2. The number of amidine groups is 1. The number of nitrogens with one attached hydrogen (secondary N) is 1. The van der Waals surface area contributed by atoms with Crippen molar-refractivity contribution in [2.24, 2.45) is 4.99 Å². The first-order valence-electron chi connectivity index (χ1n) is 7.61. The fourth-order valence-corrected chi connectivity index (χ4v) is 3.12. The molecule has 1 amide bonds. The molecule has 140 valence electrons. The third-order valence-electron chi connectivity index (χ3n) is 3.60. The molecule has 2 N–H and O–H groups in total. The number of methoxy groups -OCH3 is 1. The van der Waals surface area contributed by atoms with Crippen LogP contribution in [0.2, 0.25) is 0 Å². The lowest BCUT2D eigenvalue weighted by atomic mass is 10.1. The molecule has 0 aliphatic carbocycles. The van der Waals surface area contributed by atoms with E-state index in [1.54, 1.807) is 12.1 Å². The van der Waals surface area contributed by atoms with Gasteiger partial charge in [0.1, 0.15) is 5.84 Å². The number of halogens is 3. The molecule has 5 nitrogen and oxygen atoms in total. The third-order valence-corrected chi connectivity index (χ3v) is 4.42. The van der Waals surface area contributed by atoms with E-state index in [-0.39, 0.29) is 23.0 Å². The minimum atomic E-state index is -4.56. The quantitative estimate of drug-likeness (QED) is 0.773. The van der Waals surface area contributed by atoms with Crippen LogP contribution in [0.4, 0.5) is 23.7 Å². The van der Waals surface area contributed by atoms with E-state index in [0.29, 0.717) is 10.5 Å². The molecule has 0 atom stereocenters. The molecule has 0 saturated carbocycles. The van der Waals surface area contributed by atoms with E-state index < -0.39 is 17.0 Å². The fourth-order valence-electron chi connectivity index (χ4n) is 2.38. The summed E-state index contributed by atoms with van der Waals surface area (Å²) in [7, 11) is 1.39. The van der Waals surface area contributed by atoms with Crippen molar-refractivity contribution in [1.29, 1.82) is 0 Å². The molecule has 0 radical (unpaired) electrons. The number of para-hydroxylation sites is 1. The van der Waals surface area contributed by atoms with Gasteiger partial charge in [-0.1, -0.05) is 18.2 Å². The lowest BCUT2D eigenvalue weighted by Gasteiger charge is -2.10. The number of amides is 1. The first kappa shape index (κ1) is 18.8. The number of carbonyl (C=O) groups is 1. The molecule has 1 saturated heterocycles. The number of rotatable bonds is 3. The fraction of sp³-hybridized carbons (Fsp3) is 0.111. The second kappa shape index (κ2) is 7.36. The Morgan fingerprint density at radius 3 is 2.67 bits per heavy atom. The molecule has 9 heteroatoms. The number of alkyl halides is 3. The molecule has 1 fully saturated rings. The monoisotopic (exact) mass is 394 g/mol. The van der Waals surface area contributed by atoms with Crippen LogP contribution in [-0.2, 0) is 6.18 Å². The van der Waals surface area contributed by atoms with Gasteiger partial charge in [-0.2, -0.15) is 13.2 Å². The number of aliphatic imine (C=N–C) groups is 1. The average Bonchev–Trinajstić information content (AvgIpc) is 2.95. The highest BCUT2D eigenvalue weighted by Crippen LogP contribution is 2.37. The van der Waals surface area contributed by atoms with E-state index in [1.165, 1.54) is 37.4 Å². The SMILES string of the molecule is COc1cc(/C=C2\SC(=O)NC2=Nc2ccccc2C(F)(F)F)ccc1O. The zero-order chi connectivity index (χ0) is 19.6. The predicted molar refractivity (Wildman–Crippen MR) is 97.3 cm³/mol. The van der Waals surface area contributed by atoms with E-state index in [0.717, 1.165) is 17.8 Å². The van der Waals surface area contributed by atoms with Gasteiger partial charge in [0, 0.05) is 0 Å². The summed E-state index contributed by atoms with van der Waals surface area (Å²) in [5.41, 5.74) is -0.605. The van der Waals surface area contributed by atoms with Crippen LogP contribution >= 0.6 is 11.8 Å². The summed E-state index contributed by atoms with van der Waals surface area (Å²) in [4.78, 5) is 16.1. The van der Waals surface area contributed by atoms with Crippen LogP contribution in [-0.4, -0.2) is 23.3 Å². The highest BCUT2D eigenvalue weighted by molar-refractivity contribution is 8.18. The van der Waals surface area contributed by atoms with Gasteiger partial charge in [0.25, 0.3) is 5.24 Å². The van der Waals surface area contributed by atoms with E-state index in [1.807, 2.05) is 0 Å². The summed E-state index contributed by atoms with van der Waals surface area (Å²) in [5.74, 6) is 0.196. The molecule has 0 aromatic heterocycles. The van der Waals surface area contributed by atoms with Crippen molar-refractivity contribution in [2.45, 2.75) is 6.18 Å². The Morgan fingerprint density at radius 2 is 1.96 bits per heavy atom. The second-order valence-corrected chi connectivity index (χ2v) is 6.44. The first-order chi connectivity index (χ1) is 12.8. The molecule has 3 rings (SSSR count). The summed E-state index contributed by atoms with van der Waals surface area (Å²) >= 11 is 0.814. The number of thioether (sulfide) groups is 1. The molecule has 1 aliphatic heterocycles. The number of benzene rings is 2. The Bertz CT molecular complexity index is 955. The molecule has 2 aromatic rings. The number of carbonyl (C=O) groups excluding carboxylic acids is 1. The molecule has 1 aliphatic rings. The maximum Gasteiger partial charge on any atom is 0.418 e. The van der Waals surface area contributed by atoms with Gasteiger partial charge in [0.15, 0.2) is 11.5 Å². The van der Waals surface area contributed by atoms with Crippen LogP contribution in [0.3, 0.4) is 0 Å². The van der Waals surface area contributed by atoms with Crippen molar-refractivity contribution in [3.8, 4) is 11.5 Å². The smallest absolute Gasteiger partial charge is 0.418 e. The lowest BCUT2D eigenvalue weighted by molar-refractivity contribution is -0.137. The van der Waals surface area contributed by atoms with Gasteiger partial charge in [-0.25, -0.2) is 4.99 Å². The normalized spacial score (nSPS) is 17.4. The third kappa shape index (κ3) is 4.25. The van der Waals surface area contributed by atoms with Gasteiger partial charge in [0.2, 0.25) is 0 Å². The number of nitrogens with zero attached hydrogens (tertiary/aromatic N) is 1. The minimum absolute atomic E-state index is 0.0220. The molecule has 0 bridgehead atoms. The Balaban J connectivity index is 2.03. The van der Waals surface area contributed by atoms with Crippen LogP contribution < -0.4 is 10.1 Å². The van der Waals surface area contributed by atoms with E-state index >= 15 is 0 Å². The van der Waals surface area contributed by atoms with Crippen molar-refractivity contribution in [3.05, 3.63) is 58.5 Å². The van der Waals surface area contributed by atoms with Crippen molar-refractivity contribution >= 4 is 34.6 Å². The maximum absolute atomic E-state index is 13.2. The van der Waals surface area contributed by atoms with Crippen molar-refractivity contribution in [1.82, 2.24) is 5.32 Å². The number of aromatic hydroxyl groups is 1. The molecule has 2 aromatic carbocycles. The summed E-state index contributed by atoms with van der Waals surface area (Å²) in [6.07, 6.45) is -3.00. The Morgan fingerprint density at radius 1 is 1.22 bits per heavy atom. The molecular weight excluding hydrogens is 381 g/mol. The molecule has 1 heterocycles. The summed E-state index contributed by atoms with van der Waals surface area (Å²) in [6, 6.07) is 9.39. The topological polar surface area (TPSA) is 70.9 Å². The summed E-state index contributed by atoms with van der Waals surface area (Å²) < 4.78 is 44.5. The zero-order valence-electron chi connectivity index (χ0n) is 13.9. The van der Waals surface area contributed by atoms with Gasteiger partial charge < -0.3 is 15.2 Å². The van der Waals surface area contributed by atoms with Gasteiger partial charge in [-0.15, -0.1) is 0 Å². The zero-order valence-corrected chi connectivity index (χ0v) is 14.7. The summed E-state index contributed by atoms with van der Waals surface area (Å²) in [5, 5.41) is 11.6. The van der Waals surface area contributed by atoms with Crippen molar-refractivity contribution < 1.29 is 27.8 Å². The highest BCUT2D eigenvalue weighted by atomic mass is 32.2. The largest absolute Gasteiger partial charge is 0.504 e. The van der Waals surface area contributed by atoms with Crippen LogP contribution in [0.1, 0.15) is 11.1 Å². The van der Waals surface area contributed by atoms with Crippen molar-refractivity contribution in [3.63, 3.8) is 0 Å². The molecule has 27 heavy (non-hydrogen) atoms. The van der Waals surface area contributed by atoms with E-state index in [2.05, 4.69) is 10.3 Å². The highest BCUT2D eigenvalue weighted by Gasteiger charge is 2.34. The maximum atomic E-state index is 13.2. The standard InChI is InChI=1S/C18H13F3N2O3S/c1-26-14-8-10(6-7-13(14)24)9-15-16(23-17(25)27-15)22-12-5-3-2-4-11(12)18(19,20)21/h2-9,24H,1H3,(H,22,23,25)/b15-9-. The van der Waals surface area contributed by atoms with Crippen molar-refractivity contribution in [2.75, 3.05) is 7.11 Å². The molecule has 0 unspecified atom stereocenters. The van der Waals surface area contributed by atoms with E-state index in [4.69, 9.17) is 4.74 Å². The van der Waals surface area contributed by atoms with Crippen LogP contribution in [0.5, 0.6) is 11.5 Å². The van der Waals surface area contributed by atoms with Crippen LogP contribution in [0.25, 0.3) is 6.08 Å². The Kier molecular flexibility index (Phi) is 5.13. The first-order valence-corrected chi connectivity index (χ1v) is 8.42. The van der Waals surface area contributed by atoms with Gasteiger partial charge in [-0.05, 0) is 47.7 Å². The lowest BCUT2D eigenvalue weighted by Crippen LogP contribution is -2.19.